The molecule has 5 nitrogen and oxygen atoms in total. The molecule has 0 unspecified atom stereocenters. The van der Waals surface area contributed by atoms with E-state index in [0.29, 0.717) is 17.1 Å². The monoisotopic (exact) mass is 412 g/mol. The minimum absolute atomic E-state index is 0.312. The van der Waals surface area contributed by atoms with E-state index in [1.54, 1.807) is 13.0 Å². The molecule has 2 heterocycles. The van der Waals surface area contributed by atoms with Crippen LogP contribution < -0.4 is 14.4 Å². The molecule has 3 aromatic rings. The Morgan fingerprint density at radius 2 is 1.87 bits per heavy atom. The van der Waals surface area contributed by atoms with Crippen LogP contribution in [0.3, 0.4) is 0 Å². The quantitative estimate of drug-likeness (QED) is 0.315. The van der Waals surface area contributed by atoms with Crippen LogP contribution in [0, 0.1) is 0 Å². The number of aliphatic imine (C=N–C) groups is 1. The number of esters is 1. The Hall–Kier alpha value is -3.60. The van der Waals surface area contributed by atoms with Gasteiger partial charge in [-0.2, -0.15) is 0 Å². The Labute approximate surface area is 181 Å². The summed E-state index contributed by atoms with van der Waals surface area (Å²) in [5.74, 6) is 0.705. The molecule has 5 rings (SSSR count). The highest BCUT2D eigenvalue weighted by Gasteiger charge is 2.58. The molecule has 0 aromatic heterocycles. The van der Waals surface area contributed by atoms with Crippen LogP contribution in [0.15, 0.2) is 71.7 Å². The fourth-order valence-corrected chi connectivity index (χ4v) is 4.61. The average Bonchev–Trinajstić information content (AvgIpc) is 2.92. The van der Waals surface area contributed by atoms with Gasteiger partial charge in [-0.25, -0.2) is 4.79 Å². The number of para-hydroxylation sites is 1. The fraction of sp³-hybridized carbons (Fsp3) is 0.231. The van der Waals surface area contributed by atoms with Gasteiger partial charge in [0.2, 0.25) is 5.72 Å². The predicted molar refractivity (Wildman–Crippen MR) is 124 cm³/mol. The van der Waals surface area contributed by atoms with Crippen molar-refractivity contribution in [3.8, 4) is 11.5 Å². The van der Waals surface area contributed by atoms with E-state index in [9.17, 15) is 4.79 Å². The molecule has 0 N–H and O–H groups in total. The van der Waals surface area contributed by atoms with Crippen LogP contribution in [0.4, 0.5) is 11.4 Å². The van der Waals surface area contributed by atoms with E-state index in [-0.39, 0.29) is 5.41 Å². The van der Waals surface area contributed by atoms with E-state index in [1.807, 2.05) is 43.6 Å². The zero-order valence-corrected chi connectivity index (χ0v) is 18.1. The molecule has 0 fully saturated rings. The maximum absolute atomic E-state index is 11.9. The lowest BCUT2D eigenvalue weighted by Gasteiger charge is -2.45. The van der Waals surface area contributed by atoms with Gasteiger partial charge in [0.25, 0.3) is 0 Å². The summed E-state index contributed by atoms with van der Waals surface area (Å²) in [6.45, 7) is 9.63. The minimum atomic E-state index is -0.735. The fourth-order valence-electron chi connectivity index (χ4n) is 4.61. The number of rotatable bonds is 2. The summed E-state index contributed by atoms with van der Waals surface area (Å²) < 4.78 is 12.1. The third-order valence-electron chi connectivity index (χ3n) is 6.45. The number of hydrogen-bond donors (Lipinski definition) is 0. The van der Waals surface area contributed by atoms with Crippen LogP contribution in [-0.2, 0) is 10.2 Å². The highest BCUT2D eigenvalue weighted by molar-refractivity contribution is 6.01. The molecule has 0 bridgehead atoms. The number of hydrogen-bond acceptors (Lipinski definition) is 5. The number of ether oxygens (including phenoxy) is 2. The molecule has 1 atom stereocenters. The molecule has 0 amide bonds. The first-order valence-electron chi connectivity index (χ1n) is 10.3. The molecule has 31 heavy (non-hydrogen) atoms. The zero-order chi connectivity index (χ0) is 22.0. The van der Waals surface area contributed by atoms with Gasteiger partial charge in [0, 0.05) is 23.7 Å². The number of carbonyl (C=O) groups excluding carboxylic acids is 1. The van der Waals surface area contributed by atoms with Crippen molar-refractivity contribution in [1.82, 2.24) is 0 Å². The van der Waals surface area contributed by atoms with E-state index in [1.165, 1.54) is 5.56 Å². The van der Waals surface area contributed by atoms with Crippen LogP contribution in [0.25, 0.3) is 10.8 Å². The third-order valence-corrected chi connectivity index (χ3v) is 6.45. The molecule has 2 aliphatic heterocycles. The lowest BCUT2D eigenvalue weighted by atomic mass is 9.77. The van der Waals surface area contributed by atoms with Gasteiger partial charge in [-0.05, 0) is 56.0 Å². The maximum Gasteiger partial charge on any atom is 0.338 e. The number of nitrogens with zero attached hydrogens (tertiary/aromatic N) is 2. The van der Waals surface area contributed by atoms with Crippen LogP contribution in [0.2, 0.25) is 0 Å². The summed E-state index contributed by atoms with van der Waals surface area (Å²) in [6.07, 6.45) is 1.90. The second kappa shape index (κ2) is 6.45. The minimum Gasteiger partial charge on any atom is -0.459 e. The van der Waals surface area contributed by atoms with E-state index >= 15 is 0 Å². The van der Waals surface area contributed by atoms with Crippen LogP contribution in [0.1, 0.15) is 26.3 Å². The number of carbonyl (C=O) groups is 1. The largest absolute Gasteiger partial charge is 0.459 e. The zero-order valence-electron chi connectivity index (χ0n) is 18.1. The van der Waals surface area contributed by atoms with Crippen LogP contribution in [0.5, 0.6) is 11.5 Å². The Balaban J connectivity index is 1.61. The number of likely N-dealkylation sites (N-methyl/N-ethyl adjacent to an activating group) is 1. The van der Waals surface area contributed by atoms with Crippen molar-refractivity contribution >= 4 is 34.3 Å². The molecule has 1 spiro atoms. The van der Waals surface area contributed by atoms with E-state index < -0.39 is 11.7 Å². The van der Waals surface area contributed by atoms with Gasteiger partial charge < -0.3 is 14.4 Å². The normalized spacial score (nSPS) is 20.3. The molecule has 0 aliphatic carbocycles. The molecule has 156 valence electrons. The Bertz CT molecular complexity index is 1290. The Morgan fingerprint density at radius 3 is 2.61 bits per heavy atom. The first kappa shape index (κ1) is 19.4. The van der Waals surface area contributed by atoms with Crippen molar-refractivity contribution in [2.45, 2.75) is 31.9 Å². The third kappa shape index (κ3) is 2.62. The molecule has 5 heteroatoms. The number of fused-ring (bicyclic) bond motifs is 4. The molecule has 0 saturated carbocycles. The second-order valence-corrected chi connectivity index (χ2v) is 8.72. The van der Waals surface area contributed by atoms with Gasteiger partial charge >= 0.3 is 5.97 Å². The molecule has 3 aromatic carbocycles. The van der Waals surface area contributed by atoms with E-state index in [0.717, 1.165) is 22.1 Å². The highest BCUT2D eigenvalue weighted by atomic mass is 16.5. The summed E-state index contributed by atoms with van der Waals surface area (Å²) >= 11 is 0. The molecule has 0 radical (unpaired) electrons. The first-order chi connectivity index (χ1) is 14.7. The van der Waals surface area contributed by atoms with Crippen molar-refractivity contribution in [1.29, 1.82) is 0 Å². The Morgan fingerprint density at radius 1 is 1.13 bits per heavy atom. The van der Waals surface area contributed by atoms with Crippen molar-refractivity contribution in [2.24, 2.45) is 4.99 Å². The first-order valence-corrected chi connectivity index (χ1v) is 10.3. The van der Waals surface area contributed by atoms with Gasteiger partial charge in [0.15, 0.2) is 0 Å². The Kier molecular flexibility index (Phi) is 4.03. The lowest BCUT2D eigenvalue weighted by molar-refractivity contribution is -0.130. The molecular formula is C26H24N2O3. The number of benzene rings is 3. The highest BCUT2D eigenvalue weighted by Crippen LogP contribution is 2.54. The summed E-state index contributed by atoms with van der Waals surface area (Å²) in [6, 6.07) is 17.8. The van der Waals surface area contributed by atoms with Gasteiger partial charge in [0.1, 0.15) is 17.2 Å². The van der Waals surface area contributed by atoms with Gasteiger partial charge in [0.05, 0.1) is 11.6 Å². The predicted octanol–water partition coefficient (Wildman–Crippen LogP) is 5.54. The summed E-state index contributed by atoms with van der Waals surface area (Å²) in [5, 5.41) is 1.86. The van der Waals surface area contributed by atoms with Gasteiger partial charge in [-0.3, -0.25) is 4.99 Å². The molecule has 0 saturated heterocycles. The van der Waals surface area contributed by atoms with Crippen molar-refractivity contribution in [3.05, 3.63) is 72.3 Å². The summed E-state index contributed by atoms with van der Waals surface area (Å²) in [7, 11) is 2.04. The summed E-state index contributed by atoms with van der Waals surface area (Å²) in [4.78, 5) is 19.0. The smallest absolute Gasteiger partial charge is 0.338 e. The molecule has 2 aliphatic rings. The second-order valence-electron chi connectivity index (χ2n) is 8.72. The van der Waals surface area contributed by atoms with Crippen LogP contribution >= 0.6 is 0 Å². The lowest BCUT2D eigenvalue weighted by Crippen LogP contribution is -2.61. The SMILES string of the molecule is C=C(C)C(=O)Oc1ccc2ccc3c(c2c1)N=C[C@@]1(O3)N(C)c2ccccc2C1(C)C. The molecular weight excluding hydrogens is 388 g/mol. The standard InChI is InChI=1S/C26H24N2O3/c1-16(2)24(29)30-18-12-10-17-11-13-22-23(19(17)14-18)27-15-26(31-22)25(3,4)20-8-6-7-9-21(20)28(26)5/h6-15H,1H2,2-5H3/t26-/m0/s1. The van der Waals surface area contributed by atoms with Gasteiger partial charge in [-0.15, -0.1) is 0 Å². The average molecular weight is 412 g/mol. The van der Waals surface area contributed by atoms with Crippen molar-refractivity contribution < 1.29 is 14.3 Å². The van der Waals surface area contributed by atoms with Crippen molar-refractivity contribution in [3.63, 3.8) is 0 Å². The summed E-state index contributed by atoms with van der Waals surface area (Å²) in [5.41, 5.74) is 2.40. The van der Waals surface area contributed by atoms with Crippen molar-refractivity contribution in [2.75, 3.05) is 11.9 Å². The number of anilines is 1. The van der Waals surface area contributed by atoms with Crippen LogP contribution in [-0.4, -0.2) is 25.0 Å². The van der Waals surface area contributed by atoms with Gasteiger partial charge in [-0.1, -0.05) is 36.9 Å². The van der Waals surface area contributed by atoms with E-state index in [4.69, 9.17) is 14.5 Å². The maximum atomic E-state index is 11.9. The van der Waals surface area contributed by atoms with E-state index in [2.05, 4.69) is 43.5 Å². The topological polar surface area (TPSA) is 51.1 Å².